The largest absolute Gasteiger partial charge is 0.401 e. The highest BCUT2D eigenvalue weighted by Crippen LogP contribution is 2.20. The number of hydrogen-bond donors (Lipinski definition) is 2. The van der Waals surface area contributed by atoms with Crippen molar-refractivity contribution in [3.05, 3.63) is 35.8 Å². The fourth-order valence-corrected chi connectivity index (χ4v) is 1.08. The van der Waals surface area contributed by atoms with Crippen molar-refractivity contribution < 1.29 is 0 Å². The van der Waals surface area contributed by atoms with E-state index in [4.69, 9.17) is 11.5 Å². The summed E-state index contributed by atoms with van der Waals surface area (Å²) >= 11 is 0. The Hall–Kier alpha value is -1.84. The Morgan fingerprint density at radius 1 is 1.29 bits per heavy atom. The molecule has 1 aromatic heterocycles. The van der Waals surface area contributed by atoms with Crippen LogP contribution in [0.5, 0.6) is 0 Å². The number of hydrogen-bond acceptors (Lipinski definition) is 3. The monoisotopic (exact) mass is 232 g/mol. The van der Waals surface area contributed by atoms with Crippen molar-refractivity contribution in [2.45, 2.75) is 27.7 Å². The molecular weight excluding hydrogens is 212 g/mol. The van der Waals surface area contributed by atoms with Crippen LogP contribution < -0.4 is 11.5 Å². The number of aliphatic imine (C=N–C) groups is 1. The zero-order valence-corrected chi connectivity index (χ0v) is 10.9. The number of allylic oxidation sites excluding steroid dienone is 1. The second kappa shape index (κ2) is 4.99. The van der Waals surface area contributed by atoms with Gasteiger partial charge in [-0.2, -0.15) is 0 Å². The molecule has 0 amide bonds. The van der Waals surface area contributed by atoms with Gasteiger partial charge in [-0.1, -0.05) is 20.8 Å². The zero-order valence-electron chi connectivity index (χ0n) is 10.9. The van der Waals surface area contributed by atoms with Gasteiger partial charge in [0, 0.05) is 16.8 Å². The summed E-state index contributed by atoms with van der Waals surface area (Å²) in [5.74, 6) is 0.392. The van der Waals surface area contributed by atoms with Gasteiger partial charge in [-0.15, -0.1) is 0 Å². The molecule has 0 saturated carbocycles. The van der Waals surface area contributed by atoms with Gasteiger partial charge in [0.1, 0.15) is 5.84 Å². The summed E-state index contributed by atoms with van der Waals surface area (Å²) in [6.07, 6.45) is 3.38. The minimum absolute atomic E-state index is 0.105. The van der Waals surface area contributed by atoms with Crippen molar-refractivity contribution in [2.75, 3.05) is 0 Å². The number of pyridine rings is 1. The highest BCUT2D eigenvalue weighted by atomic mass is 14.9. The van der Waals surface area contributed by atoms with E-state index in [0.29, 0.717) is 11.5 Å². The molecule has 0 aromatic carbocycles. The lowest BCUT2D eigenvalue weighted by Gasteiger charge is -2.18. The molecule has 4 nitrogen and oxygen atoms in total. The lowest BCUT2D eigenvalue weighted by Crippen LogP contribution is -2.20. The second-order valence-electron chi connectivity index (χ2n) is 5.04. The van der Waals surface area contributed by atoms with Crippen molar-refractivity contribution in [3.8, 4) is 0 Å². The first-order valence-corrected chi connectivity index (χ1v) is 5.53. The van der Waals surface area contributed by atoms with Crippen LogP contribution in [0.2, 0.25) is 0 Å². The molecule has 4 heteroatoms. The van der Waals surface area contributed by atoms with E-state index in [9.17, 15) is 0 Å². The van der Waals surface area contributed by atoms with E-state index < -0.39 is 0 Å². The Balaban J connectivity index is 2.90. The summed E-state index contributed by atoms with van der Waals surface area (Å²) in [5, 5.41) is 0. The van der Waals surface area contributed by atoms with Crippen LogP contribution in [0.1, 0.15) is 26.5 Å². The van der Waals surface area contributed by atoms with E-state index in [1.54, 1.807) is 12.3 Å². The van der Waals surface area contributed by atoms with Crippen LogP contribution in [0.3, 0.4) is 0 Å². The van der Waals surface area contributed by atoms with Crippen molar-refractivity contribution in [1.82, 2.24) is 4.98 Å². The van der Waals surface area contributed by atoms with Crippen molar-refractivity contribution >= 4 is 11.5 Å². The molecule has 0 aliphatic heterocycles. The maximum absolute atomic E-state index is 5.91. The first kappa shape index (κ1) is 13.2. The number of aryl methyl sites for hydroxylation is 1. The van der Waals surface area contributed by atoms with E-state index in [-0.39, 0.29) is 5.41 Å². The van der Waals surface area contributed by atoms with Crippen LogP contribution >= 0.6 is 0 Å². The third-order valence-electron chi connectivity index (χ3n) is 2.32. The third kappa shape index (κ3) is 4.26. The van der Waals surface area contributed by atoms with Gasteiger partial charge in [0.15, 0.2) is 0 Å². The zero-order chi connectivity index (χ0) is 13.1. The van der Waals surface area contributed by atoms with Crippen LogP contribution in [-0.4, -0.2) is 10.8 Å². The van der Waals surface area contributed by atoms with Gasteiger partial charge in [-0.3, -0.25) is 4.98 Å². The van der Waals surface area contributed by atoms with Crippen molar-refractivity contribution in [3.63, 3.8) is 0 Å². The van der Waals surface area contributed by atoms with Crippen LogP contribution in [0, 0.1) is 12.3 Å². The summed E-state index contributed by atoms with van der Waals surface area (Å²) < 4.78 is 0. The van der Waals surface area contributed by atoms with E-state index in [0.717, 1.165) is 11.4 Å². The number of aromatic nitrogens is 1. The summed E-state index contributed by atoms with van der Waals surface area (Å²) in [7, 11) is 0. The molecule has 1 rings (SSSR count). The lowest BCUT2D eigenvalue weighted by molar-refractivity contribution is 0.498. The molecule has 1 aromatic rings. The smallest absolute Gasteiger partial charge is 0.125 e. The first-order valence-electron chi connectivity index (χ1n) is 5.53. The third-order valence-corrected chi connectivity index (χ3v) is 2.32. The number of rotatable bonds is 2. The van der Waals surface area contributed by atoms with Crippen molar-refractivity contribution in [2.24, 2.45) is 21.9 Å². The van der Waals surface area contributed by atoms with Gasteiger partial charge >= 0.3 is 0 Å². The molecule has 0 saturated heterocycles. The maximum Gasteiger partial charge on any atom is 0.125 e. The Labute approximate surface area is 102 Å². The first-order chi connectivity index (χ1) is 7.79. The second-order valence-corrected chi connectivity index (χ2v) is 5.04. The molecule has 0 aliphatic carbocycles. The molecule has 92 valence electrons. The Morgan fingerprint density at radius 3 is 2.41 bits per heavy atom. The number of amidine groups is 1. The van der Waals surface area contributed by atoms with Gasteiger partial charge in [-0.25, -0.2) is 4.99 Å². The predicted octanol–water partition coefficient (Wildman–Crippen LogP) is 2.27. The van der Waals surface area contributed by atoms with Gasteiger partial charge < -0.3 is 11.5 Å². The molecule has 0 aliphatic rings. The maximum atomic E-state index is 5.91. The SMILES string of the molecule is Cc1ccc(N=C(N)/C=C(\N)C(C)(C)C)cn1. The standard InChI is InChI=1S/C13H20N4/c1-9-5-6-10(8-16-9)17-12(15)7-11(14)13(2,3)4/h5-8H,14H2,1-4H3,(H2,15,17)/b11-7-. The average Bonchev–Trinajstić information content (AvgIpc) is 2.20. The van der Waals surface area contributed by atoms with Crippen LogP contribution in [-0.2, 0) is 0 Å². The summed E-state index contributed by atoms with van der Waals surface area (Å²) in [6, 6.07) is 3.76. The molecule has 17 heavy (non-hydrogen) atoms. The fourth-order valence-electron chi connectivity index (χ4n) is 1.08. The van der Waals surface area contributed by atoms with Crippen LogP contribution in [0.4, 0.5) is 5.69 Å². The number of nitrogens with two attached hydrogens (primary N) is 2. The Bertz CT molecular complexity index is 435. The molecule has 1 heterocycles. The Morgan fingerprint density at radius 2 is 1.94 bits per heavy atom. The molecular formula is C13H20N4. The fraction of sp³-hybridized carbons (Fsp3) is 0.385. The number of nitrogens with zero attached hydrogens (tertiary/aromatic N) is 2. The van der Waals surface area contributed by atoms with E-state index in [2.05, 4.69) is 9.98 Å². The minimum Gasteiger partial charge on any atom is -0.401 e. The normalized spacial score (nSPS) is 13.9. The van der Waals surface area contributed by atoms with Gasteiger partial charge in [0.2, 0.25) is 0 Å². The van der Waals surface area contributed by atoms with E-state index in [1.165, 1.54) is 0 Å². The molecule has 0 radical (unpaired) electrons. The predicted molar refractivity (Wildman–Crippen MR) is 72.0 cm³/mol. The molecule has 0 unspecified atom stereocenters. The van der Waals surface area contributed by atoms with E-state index >= 15 is 0 Å². The lowest BCUT2D eigenvalue weighted by atomic mass is 9.92. The van der Waals surface area contributed by atoms with Crippen LogP contribution in [0.25, 0.3) is 0 Å². The summed E-state index contributed by atoms with van der Waals surface area (Å²) in [5.41, 5.74) is 14.0. The van der Waals surface area contributed by atoms with Gasteiger partial charge in [0.05, 0.1) is 11.9 Å². The van der Waals surface area contributed by atoms with Gasteiger partial charge in [0.25, 0.3) is 0 Å². The van der Waals surface area contributed by atoms with Crippen LogP contribution in [0.15, 0.2) is 35.1 Å². The molecule has 0 spiro atoms. The summed E-state index contributed by atoms with van der Waals surface area (Å²) in [4.78, 5) is 8.37. The van der Waals surface area contributed by atoms with Crippen molar-refractivity contribution in [1.29, 1.82) is 0 Å². The summed E-state index contributed by atoms with van der Waals surface area (Å²) in [6.45, 7) is 8.01. The highest BCUT2D eigenvalue weighted by Gasteiger charge is 2.13. The topological polar surface area (TPSA) is 77.3 Å². The van der Waals surface area contributed by atoms with E-state index in [1.807, 2.05) is 39.8 Å². The van der Waals surface area contributed by atoms with Gasteiger partial charge in [-0.05, 0) is 25.1 Å². The molecule has 0 atom stereocenters. The highest BCUT2D eigenvalue weighted by molar-refractivity contribution is 5.93. The molecule has 0 fully saturated rings. The minimum atomic E-state index is -0.105. The molecule has 0 bridgehead atoms. The quantitative estimate of drug-likeness (QED) is 0.606. The Kier molecular flexibility index (Phi) is 3.89. The molecule has 4 N–H and O–H groups in total. The average molecular weight is 232 g/mol.